The van der Waals surface area contributed by atoms with Crippen LogP contribution >= 0.6 is 0 Å². The van der Waals surface area contributed by atoms with Gasteiger partial charge in [-0.3, -0.25) is 4.79 Å². The van der Waals surface area contributed by atoms with E-state index in [0.717, 1.165) is 16.7 Å². The average molecular weight is 860 g/mol. The number of aryl methyl sites for hydroxylation is 3. The molecule has 3 atom stereocenters. The molecule has 3 aromatic rings. The molecule has 0 aliphatic rings. The number of halogens is 10. The number of likely N-dealkylation sites (N-methyl/N-ethyl adjacent to an activating group) is 1. The molecule has 10 nitrogen and oxygen atoms in total. The van der Waals surface area contributed by atoms with Crippen molar-refractivity contribution in [2.75, 3.05) is 14.2 Å². The summed E-state index contributed by atoms with van der Waals surface area (Å²) in [5, 5.41) is 1.12. The van der Waals surface area contributed by atoms with Crippen molar-refractivity contribution in [3.63, 3.8) is 0 Å². The summed E-state index contributed by atoms with van der Waals surface area (Å²) in [6.07, 6.45) is -9.46. The number of carbonyl (C=O) groups is 3. The third-order valence-electron chi connectivity index (χ3n) is 8.18. The van der Waals surface area contributed by atoms with E-state index < -0.39 is 53.9 Å². The van der Waals surface area contributed by atoms with E-state index in [-0.39, 0.29) is 38.7 Å². The zero-order valence-corrected chi connectivity index (χ0v) is 32.1. The molecule has 0 unspecified atom stereocenters. The van der Waals surface area contributed by atoms with Crippen LogP contribution in [0.4, 0.5) is 43.9 Å². The fourth-order valence-electron chi connectivity index (χ4n) is 4.83. The third-order valence-corrected chi connectivity index (χ3v) is 8.18. The van der Waals surface area contributed by atoms with Gasteiger partial charge in [0.1, 0.15) is 0 Å². The number of hydroxylamine groups is 2. The van der Waals surface area contributed by atoms with E-state index >= 15 is 0 Å². The fraction of sp³-hybridized carbons (Fsp3) is 0.395. The topological polar surface area (TPSA) is 149 Å². The van der Waals surface area contributed by atoms with Gasteiger partial charge >= 0.3 is 247 Å². The molecule has 3 aromatic carbocycles. The Bertz CT molecular complexity index is 1840. The molecule has 0 aromatic heterocycles. The second-order valence-electron chi connectivity index (χ2n) is 12.5. The molecule has 0 spiro atoms. The SMILES string of the molecule is CON(C)C(=O)[C@H](CCc1ccccc1)N=CB=O.N[C@@H](CCc1ccccc1)C(=O)C(F)(F)C(F)(F)F.O=BC=N[C@@H](CCc1ccccc1)C(=O)C(F)(F)C(F)(F)F. The van der Waals surface area contributed by atoms with Crippen LogP contribution < -0.4 is 5.73 Å². The van der Waals surface area contributed by atoms with Crippen molar-refractivity contribution in [2.24, 2.45) is 15.7 Å². The Morgan fingerprint density at radius 1 is 0.617 bits per heavy atom. The van der Waals surface area contributed by atoms with Gasteiger partial charge in [-0.1, -0.05) is 30.3 Å². The van der Waals surface area contributed by atoms with Gasteiger partial charge in [-0.05, 0) is 18.4 Å². The normalized spacial score (nSPS) is 13.4. The number of amides is 1. The third kappa shape index (κ3) is 17.5. The van der Waals surface area contributed by atoms with Crippen molar-refractivity contribution in [1.29, 1.82) is 0 Å². The summed E-state index contributed by atoms with van der Waals surface area (Å²) in [5.74, 6) is -15.8. The van der Waals surface area contributed by atoms with Gasteiger partial charge in [-0.2, -0.15) is 22.0 Å². The number of alkyl halides is 10. The Hall–Kier alpha value is -5.24. The number of carbonyl (C=O) groups excluding carboxylic acids is 3. The van der Waals surface area contributed by atoms with Crippen molar-refractivity contribution >= 4 is 44.0 Å². The van der Waals surface area contributed by atoms with E-state index in [2.05, 4.69) is 9.98 Å². The van der Waals surface area contributed by atoms with Gasteiger partial charge in [0.05, 0.1) is 6.04 Å². The number of aliphatic imine (C=N–C) groups is 2. The van der Waals surface area contributed by atoms with Crippen LogP contribution in [-0.4, -0.2) is 106 Å². The van der Waals surface area contributed by atoms with Crippen LogP contribution in [0.1, 0.15) is 36.0 Å². The first kappa shape index (κ1) is 52.8. The summed E-state index contributed by atoms with van der Waals surface area (Å²) < 4.78 is 145. The monoisotopic (exact) mass is 860 g/mol. The Balaban J connectivity index is 0.000000452. The predicted octanol–water partition coefficient (Wildman–Crippen LogP) is 6.63. The van der Waals surface area contributed by atoms with E-state index in [0.29, 0.717) is 37.2 Å². The summed E-state index contributed by atoms with van der Waals surface area (Å²) >= 11 is 0. The predicted molar refractivity (Wildman–Crippen MR) is 202 cm³/mol. The summed E-state index contributed by atoms with van der Waals surface area (Å²) in [7, 11) is 3.61. The van der Waals surface area contributed by atoms with Crippen LogP contribution in [0, 0.1) is 0 Å². The first-order valence-electron chi connectivity index (χ1n) is 17.7. The maximum atomic E-state index is 13.1. The number of nitrogens with two attached hydrogens (primary N) is 1. The van der Waals surface area contributed by atoms with Gasteiger partial charge in [-0.25, -0.2) is 0 Å². The molecule has 0 aliphatic carbocycles. The molecular weight excluding hydrogens is 820 g/mol. The molecule has 22 heteroatoms. The molecule has 0 aliphatic heterocycles. The van der Waals surface area contributed by atoms with Crippen molar-refractivity contribution in [3.05, 3.63) is 108 Å². The maximum absolute atomic E-state index is 13.1. The number of ketones is 2. The second kappa shape index (κ2) is 25.4. The van der Waals surface area contributed by atoms with Crippen molar-refractivity contribution in [1.82, 2.24) is 5.06 Å². The minimum atomic E-state index is -5.99. The summed E-state index contributed by atoms with van der Waals surface area (Å²) in [6.45, 7) is 0. The summed E-state index contributed by atoms with van der Waals surface area (Å²) in [4.78, 5) is 46.5. The van der Waals surface area contributed by atoms with Gasteiger partial charge in [0.25, 0.3) is 0 Å². The Morgan fingerprint density at radius 3 is 1.30 bits per heavy atom. The molecule has 0 radical (unpaired) electrons. The molecule has 0 bridgehead atoms. The molecule has 1 amide bonds. The van der Waals surface area contributed by atoms with E-state index in [9.17, 15) is 67.7 Å². The van der Waals surface area contributed by atoms with Crippen molar-refractivity contribution in [2.45, 2.75) is 80.8 Å². The number of hydrogen-bond acceptors (Lipinski definition) is 9. The molecule has 60 heavy (non-hydrogen) atoms. The number of hydrogen-bond donors (Lipinski definition) is 1. The van der Waals surface area contributed by atoms with Crippen LogP contribution in [0.2, 0.25) is 0 Å². The van der Waals surface area contributed by atoms with Crippen LogP contribution in [0.5, 0.6) is 0 Å². The molecule has 324 valence electrons. The van der Waals surface area contributed by atoms with Crippen LogP contribution in [0.3, 0.4) is 0 Å². The van der Waals surface area contributed by atoms with E-state index in [1.54, 1.807) is 60.7 Å². The Labute approximate surface area is 339 Å². The molecular formula is C38H40B2F10N4O6. The Morgan fingerprint density at radius 2 is 0.950 bits per heavy atom. The quantitative estimate of drug-likeness (QED) is 0.0616. The van der Waals surface area contributed by atoms with E-state index in [1.165, 1.54) is 14.2 Å². The van der Waals surface area contributed by atoms with Gasteiger partial charge in [-0.15, -0.1) is 0 Å². The first-order chi connectivity index (χ1) is 28.0. The number of nitrogens with zero attached hydrogens (tertiary/aromatic N) is 3. The number of benzene rings is 3. The fourth-order valence-corrected chi connectivity index (χ4v) is 4.83. The molecule has 0 fully saturated rings. The molecule has 3 rings (SSSR count). The van der Waals surface area contributed by atoms with Gasteiger partial charge < -0.3 is 5.73 Å². The number of rotatable bonds is 19. The standard InChI is InChI=1S/C13H11BF5NO2.C13H17BN2O3.C12H12F5NO/c15-12(16,13(17,18)19)11(21)10(20-8-14-22)7-6-9-4-2-1-3-5-9;1-16(19-2)13(17)12(15-10-14-18)9-8-11-6-4-3-5-7-11;13-11(14,12(15,16)17)10(19)9(18)7-6-8-4-2-1-3-5-8/h1-5,8,10H,6-7H2;3-7,10,12H,8-9H2,1-2H3;1-5,9H,6-7,18H2/t10-;12-;9-/m000/s1. The zero-order valence-electron chi connectivity index (χ0n) is 32.1. The molecule has 0 saturated carbocycles. The molecule has 0 saturated heterocycles. The average Bonchev–Trinajstić information content (AvgIpc) is 3.22. The van der Waals surface area contributed by atoms with Gasteiger partial charge in [0.15, 0.2) is 0 Å². The van der Waals surface area contributed by atoms with Crippen molar-refractivity contribution < 1.29 is 72.5 Å². The zero-order chi connectivity index (χ0) is 45.6. The first-order valence-corrected chi connectivity index (χ1v) is 17.7. The molecule has 0 heterocycles. The van der Waals surface area contributed by atoms with Gasteiger partial charge in [0, 0.05) is 0 Å². The van der Waals surface area contributed by atoms with E-state index in [4.69, 9.17) is 10.6 Å². The molecule has 2 N–H and O–H groups in total. The van der Waals surface area contributed by atoms with E-state index in [1.807, 2.05) is 30.3 Å². The van der Waals surface area contributed by atoms with Gasteiger partial charge in [0.2, 0.25) is 5.78 Å². The second-order valence-corrected chi connectivity index (χ2v) is 12.5. The van der Waals surface area contributed by atoms with Crippen LogP contribution in [0.25, 0.3) is 0 Å². The van der Waals surface area contributed by atoms with Crippen LogP contribution in [0.15, 0.2) is 101 Å². The Kier molecular flexibility index (Phi) is 22.3. The number of Topliss-reactive ketones (excluding diaryl/α,β-unsaturated/α-hetero) is 2. The minimum absolute atomic E-state index is 0.0708. The van der Waals surface area contributed by atoms with Crippen LogP contribution in [-0.2, 0) is 47.9 Å². The summed E-state index contributed by atoms with van der Waals surface area (Å²) in [6, 6.07) is 22.1. The van der Waals surface area contributed by atoms with Crippen molar-refractivity contribution in [3.8, 4) is 0 Å². The summed E-state index contributed by atoms with van der Waals surface area (Å²) in [5.41, 5.74) is 7.60.